The fraction of sp³-hybridized carbons (Fsp3) is 0.471. The minimum absolute atomic E-state index is 0.00496. The molecule has 0 saturated heterocycles. The third kappa shape index (κ3) is 5.91. The maximum atomic E-state index is 12.5. The zero-order valence-electron chi connectivity index (χ0n) is 14.5. The minimum Gasteiger partial charge on any atom is -0.481 e. The van der Waals surface area contributed by atoms with E-state index in [9.17, 15) is 14.4 Å². The third-order valence-corrected chi connectivity index (χ3v) is 3.67. The molecule has 7 heteroatoms. The summed E-state index contributed by atoms with van der Waals surface area (Å²) in [6, 6.07) is 4.79. The molecule has 0 aliphatic carbocycles. The summed E-state index contributed by atoms with van der Waals surface area (Å²) in [5, 5.41) is 13.8. The molecule has 0 atom stereocenters. The second-order valence-electron chi connectivity index (χ2n) is 5.92. The Morgan fingerprint density at radius 3 is 2.50 bits per heavy atom. The smallest absolute Gasteiger partial charge is 0.319 e. The first-order chi connectivity index (χ1) is 11.2. The summed E-state index contributed by atoms with van der Waals surface area (Å²) in [5.74, 6) is -0.999. The molecule has 24 heavy (non-hydrogen) atoms. The fourth-order valence-electron chi connectivity index (χ4n) is 1.97. The van der Waals surface area contributed by atoms with Crippen LogP contribution in [0.1, 0.15) is 42.6 Å². The average Bonchev–Trinajstić information content (AvgIpc) is 2.51. The Bertz CT molecular complexity index is 614. The summed E-state index contributed by atoms with van der Waals surface area (Å²) < 4.78 is 0. The lowest BCUT2D eigenvalue weighted by atomic mass is 10.1. The molecule has 0 saturated carbocycles. The first-order valence-electron chi connectivity index (χ1n) is 7.86. The molecule has 0 fully saturated rings. The van der Waals surface area contributed by atoms with Crippen molar-refractivity contribution in [2.45, 2.75) is 39.7 Å². The van der Waals surface area contributed by atoms with Crippen LogP contribution in [-0.2, 0) is 4.79 Å². The molecule has 0 radical (unpaired) electrons. The van der Waals surface area contributed by atoms with Crippen LogP contribution < -0.4 is 10.6 Å². The monoisotopic (exact) mass is 335 g/mol. The van der Waals surface area contributed by atoms with Crippen molar-refractivity contribution in [3.8, 4) is 0 Å². The number of aryl methyl sites for hydroxylation is 1. The van der Waals surface area contributed by atoms with Crippen molar-refractivity contribution in [1.29, 1.82) is 0 Å². The van der Waals surface area contributed by atoms with Gasteiger partial charge in [-0.15, -0.1) is 0 Å². The zero-order valence-corrected chi connectivity index (χ0v) is 14.5. The Balaban J connectivity index is 2.70. The third-order valence-electron chi connectivity index (χ3n) is 3.67. The number of nitrogens with zero attached hydrogens (tertiary/aromatic N) is 1. The predicted molar refractivity (Wildman–Crippen MR) is 92.3 cm³/mol. The van der Waals surface area contributed by atoms with E-state index in [0.29, 0.717) is 17.7 Å². The number of carboxylic acid groups (broad SMARTS) is 1. The largest absolute Gasteiger partial charge is 0.481 e. The van der Waals surface area contributed by atoms with Gasteiger partial charge in [0.15, 0.2) is 0 Å². The Morgan fingerprint density at radius 1 is 1.25 bits per heavy atom. The van der Waals surface area contributed by atoms with Gasteiger partial charge in [-0.3, -0.25) is 9.59 Å². The Labute approximate surface area is 142 Å². The van der Waals surface area contributed by atoms with E-state index in [-0.39, 0.29) is 24.9 Å². The van der Waals surface area contributed by atoms with Gasteiger partial charge in [0.25, 0.3) is 5.91 Å². The van der Waals surface area contributed by atoms with Crippen LogP contribution in [0.2, 0.25) is 0 Å². The van der Waals surface area contributed by atoms with Crippen LogP contribution in [0.25, 0.3) is 0 Å². The number of urea groups is 1. The van der Waals surface area contributed by atoms with E-state index in [1.54, 1.807) is 30.1 Å². The molecular weight excluding hydrogens is 310 g/mol. The van der Waals surface area contributed by atoms with Gasteiger partial charge >= 0.3 is 12.0 Å². The molecule has 3 N–H and O–H groups in total. The molecule has 0 aromatic heterocycles. The van der Waals surface area contributed by atoms with Crippen LogP contribution in [-0.4, -0.2) is 47.5 Å². The van der Waals surface area contributed by atoms with Crippen molar-refractivity contribution in [1.82, 2.24) is 10.2 Å². The lowest BCUT2D eigenvalue weighted by Crippen LogP contribution is -2.33. The van der Waals surface area contributed by atoms with Crippen molar-refractivity contribution in [3.63, 3.8) is 0 Å². The summed E-state index contributed by atoms with van der Waals surface area (Å²) in [6.07, 6.45) is 0.366. The van der Waals surface area contributed by atoms with Crippen molar-refractivity contribution in [3.05, 3.63) is 29.3 Å². The molecule has 1 aromatic carbocycles. The van der Waals surface area contributed by atoms with Gasteiger partial charge in [0.2, 0.25) is 0 Å². The van der Waals surface area contributed by atoms with E-state index in [1.807, 2.05) is 20.8 Å². The number of aliphatic carboxylic acids is 1. The highest BCUT2D eigenvalue weighted by Crippen LogP contribution is 2.17. The number of amides is 3. The van der Waals surface area contributed by atoms with Gasteiger partial charge < -0.3 is 20.6 Å². The molecule has 0 unspecified atom stereocenters. The predicted octanol–water partition coefficient (Wildman–Crippen LogP) is 2.46. The van der Waals surface area contributed by atoms with Gasteiger partial charge in [0.05, 0.1) is 0 Å². The maximum Gasteiger partial charge on any atom is 0.319 e. The average molecular weight is 335 g/mol. The SMILES string of the molecule is Cc1ccc(NC(=O)NCCCC(=O)O)cc1C(=O)N(C)C(C)C. The number of carbonyl (C=O) groups is 3. The first kappa shape index (κ1) is 19.5. The topological polar surface area (TPSA) is 98.7 Å². The van der Waals surface area contributed by atoms with Crippen LogP contribution in [0.4, 0.5) is 10.5 Å². The summed E-state index contributed by atoms with van der Waals surface area (Å²) in [7, 11) is 1.74. The van der Waals surface area contributed by atoms with E-state index >= 15 is 0 Å². The lowest BCUT2D eigenvalue weighted by molar-refractivity contribution is -0.137. The number of hydrogen-bond acceptors (Lipinski definition) is 3. The highest BCUT2D eigenvalue weighted by molar-refractivity contribution is 5.98. The molecule has 3 amide bonds. The lowest BCUT2D eigenvalue weighted by Gasteiger charge is -2.22. The van der Waals surface area contributed by atoms with E-state index in [1.165, 1.54) is 0 Å². The molecule has 0 bridgehead atoms. The maximum absolute atomic E-state index is 12.5. The zero-order chi connectivity index (χ0) is 18.3. The van der Waals surface area contributed by atoms with Crippen LogP contribution in [0.3, 0.4) is 0 Å². The number of benzene rings is 1. The van der Waals surface area contributed by atoms with Crippen LogP contribution >= 0.6 is 0 Å². The second-order valence-corrected chi connectivity index (χ2v) is 5.92. The highest BCUT2D eigenvalue weighted by atomic mass is 16.4. The second kappa shape index (κ2) is 8.90. The molecule has 7 nitrogen and oxygen atoms in total. The Hall–Kier alpha value is -2.57. The molecule has 132 valence electrons. The first-order valence-corrected chi connectivity index (χ1v) is 7.86. The van der Waals surface area contributed by atoms with E-state index in [2.05, 4.69) is 10.6 Å². The van der Waals surface area contributed by atoms with E-state index in [0.717, 1.165) is 5.56 Å². The van der Waals surface area contributed by atoms with Gasteiger partial charge in [-0.2, -0.15) is 0 Å². The van der Waals surface area contributed by atoms with Crippen molar-refractivity contribution in [2.75, 3.05) is 18.9 Å². The molecule has 1 rings (SSSR count). The number of rotatable bonds is 7. The van der Waals surface area contributed by atoms with Crippen LogP contribution in [0.5, 0.6) is 0 Å². The highest BCUT2D eigenvalue weighted by Gasteiger charge is 2.17. The molecular formula is C17H25N3O4. The van der Waals surface area contributed by atoms with E-state index in [4.69, 9.17) is 5.11 Å². The van der Waals surface area contributed by atoms with Crippen LogP contribution in [0.15, 0.2) is 18.2 Å². The fourth-order valence-corrected chi connectivity index (χ4v) is 1.97. The molecule has 0 aliphatic heterocycles. The minimum atomic E-state index is -0.895. The van der Waals surface area contributed by atoms with E-state index < -0.39 is 12.0 Å². The molecule has 0 spiro atoms. The van der Waals surface area contributed by atoms with Gasteiger partial charge in [-0.25, -0.2) is 4.79 Å². The summed E-state index contributed by atoms with van der Waals surface area (Å²) >= 11 is 0. The van der Waals surface area contributed by atoms with Crippen molar-refractivity contribution in [2.24, 2.45) is 0 Å². The molecule has 1 aromatic rings. The van der Waals surface area contributed by atoms with Gasteiger partial charge in [0, 0.05) is 37.3 Å². The number of carboxylic acids is 1. The standard InChI is InChI=1S/C17H25N3O4/c1-11(2)20(4)16(23)14-10-13(8-7-12(14)3)19-17(24)18-9-5-6-15(21)22/h7-8,10-11H,5-6,9H2,1-4H3,(H,21,22)(H2,18,19,24). The van der Waals surface area contributed by atoms with Gasteiger partial charge in [-0.05, 0) is 44.9 Å². The Kier molecular flexibility index (Phi) is 7.23. The van der Waals surface area contributed by atoms with Crippen molar-refractivity contribution < 1.29 is 19.5 Å². The normalized spacial score (nSPS) is 10.4. The summed E-state index contributed by atoms with van der Waals surface area (Å²) in [5.41, 5.74) is 1.88. The number of carbonyl (C=O) groups excluding carboxylic acids is 2. The quantitative estimate of drug-likeness (QED) is 0.667. The molecule has 0 aliphatic rings. The number of hydrogen-bond donors (Lipinski definition) is 3. The Morgan fingerprint density at radius 2 is 1.92 bits per heavy atom. The number of anilines is 1. The van der Waals surface area contributed by atoms with Crippen LogP contribution in [0, 0.1) is 6.92 Å². The summed E-state index contributed by atoms with van der Waals surface area (Å²) in [4.78, 5) is 36.3. The van der Waals surface area contributed by atoms with Gasteiger partial charge in [0.1, 0.15) is 0 Å². The van der Waals surface area contributed by atoms with Gasteiger partial charge in [-0.1, -0.05) is 6.07 Å². The summed E-state index contributed by atoms with van der Waals surface area (Å²) in [6.45, 7) is 5.98. The molecule has 0 heterocycles. The van der Waals surface area contributed by atoms with Crippen molar-refractivity contribution >= 4 is 23.6 Å². The number of nitrogens with one attached hydrogen (secondary N) is 2.